The van der Waals surface area contributed by atoms with Crippen LogP contribution >= 0.6 is 23.4 Å². The van der Waals surface area contributed by atoms with Gasteiger partial charge in [0.05, 0.1) is 5.02 Å². The minimum Gasteiger partial charge on any atom is -0.310 e. The van der Waals surface area contributed by atoms with Crippen LogP contribution in [0.25, 0.3) is 0 Å². The van der Waals surface area contributed by atoms with Gasteiger partial charge in [0, 0.05) is 16.7 Å². The van der Waals surface area contributed by atoms with Crippen LogP contribution in [0.4, 0.5) is 0 Å². The lowest BCUT2D eigenvalue weighted by atomic mass is 9.94. The number of hydrogen-bond donors (Lipinski definition) is 1. The van der Waals surface area contributed by atoms with Crippen LogP contribution in [-0.4, -0.2) is 18.3 Å². The first kappa shape index (κ1) is 15.9. The number of halogens is 1. The SMILES string of the molecule is CCCNC(CSc1ccccc1Cl)C1=CCCCC1. The Balaban J connectivity index is 1.96. The smallest absolute Gasteiger partial charge is 0.0541 e. The van der Waals surface area contributed by atoms with Crippen molar-refractivity contribution in [1.82, 2.24) is 5.32 Å². The molecule has 1 aromatic rings. The van der Waals surface area contributed by atoms with E-state index in [1.807, 2.05) is 23.9 Å². The third-order valence-corrected chi connectivity index (χ3v) is 5.27. The van der Waals surface area contributed by atoms with Crippen LogP contribution in [0.3, 0.4) is 0 Å². The van der Waals surface area contributed by atoms with Crippen molar-refractivity contribution in [2.24, 2.45) is 0 Å². The average molecular weight is 310 g/mol. The van der Waals surface area contributed by atoms with Crippen LogP contribution in [0.5, 0.6) is 0 Å². The Hall–Kier alpha value is -0.440. The summed E-state index contributed by atoms with van der Waals surface area (Å²) in [5, 5.41) is 4.56. The highest BCUT2D eigenvalue weighted by Gasteiger charge is 2.16. The normalized spacial score (nSPS) is 16.8. The van der Waals surface area contributed by atoms with Crippen molar-refractivity contribution in [2.45, 2.75) is 50.0 Å². The van der Waals surface area contributed by atoms with Gasteiger partial charge < -0.3 is 5.32 Å². The van der Waals surface area contributed by atoms with E-state index >= 15 is 0 Å². The van der Waals surface area contributed by atoms with E-state index in [1.54, 1.807) is 5.57 Å². The molecule has 2 rings (SSSR count). The Kier molecular flexibility index (Phi) is 6.98. The zero-order chi connectivity index (χ0) is 14.2. The van der Waals surface area contributed by atoms with Gasteiger partial charge in [-0.3, -0.25) is 0 Å². The lowest BCUT2D eigenvalue weighted by Gasteiger charge is -2.24. The Labute approximate surface area is 132 Å². The van der Waals surface area contributed by atoms with E-state index < -0.39 is 0 Å². The van der Waals surface area contributed by atoms with Crippen molar-refractivity contribution < 1.29 is 0 Å². The van der Waals surface area contributed by atoms with E-state index in [2.05, 4.69) is 30.4 Å². The zero-order valence-electron chi connectivity index (χ0n) is 12.2. The van der Waals surface area contributed by atoms with Gasteiger partial charge in [-0.25, -0.2) is 0 Å². The molecule has 1 atom stereocenters. The summed E-state index contributed by atoms with van der Waals surface area (Å²) in [6.07, 6.45) is 8.82. The molecule has 0 saturated carbocycles. The fourth-order valence-corrected chi connectivity index (χ4v) is 3.89. The largest absolute Gasteiger partial charge is 0.310 e. The Morgan fingerprint density at radius 1 is 1.30 bits per heavy atom. The molecular weight excluding hydrogens is 286 g/mol. The van der Waals surface area contributed by atoms with Crippen molar-refractivity contribution in [1.29, 1.82) is 0 Å². The maximum Gasteiger partial charge on any atom is 0.0541 e. The molecular formula is C17H24ClNS. The van der Waals surface area contributed by atoms with Crippen LogP contribution in [0.15, 0.2) is 40.8 Å². The summed E-state index contributed by atoms with van der Waals surface area (Å²) in [5.41, 5.74) is 1.60. The zero-order valence-corrected chi connectivity index (χ0v) is 13.8. The van der Waals surface area contributed by atoms with E-state index in [9.17, 15) is 0 Å². The average Bonchev–Trinajstić information content (AvgIpc) is 2.50. The van der Waals surface area contributed by atoms with Gasteiger partial charge in [-0.2, -0.15) is 0 Å². The molecule has 1 nitrogen and oxygen atoms in total. The van der Waals surface area contributed by atoms with Crippen LogP contribution in [0.2, 0.25) is 5.02 Å². The second-order valence-corrected chi connectivity index (χ2v) is 6.74. The number of benzene rings is 1. The molecule has 0 aliphatic heterocycles. The highest BCUT2D eigenvalue weighted by Crippen LogP contribution is 2.29. The summed E-state index contributed by atoms with van der Waals surface area (Å²) < 4.78 is 0. The highest BCUT2D eigenvalue weighted by atomic mass is 35.5. The maximum absolute atomic E-state index is 6.24. The van der Waals surface area contributed by atoms with Crippen molar-refractivity contribution in [3.8, 4) is 0 Å². The van der Waals surface area contributed by atoms with Crippen molar-refractivity contribution in [3.63, 3.8) is 0 Å². The molecule has 3 heteroatoms. The summed E-state index contributed by atoms with van der Waals surface area (Å²) in [5.74, 6) is 1.07. The highest BCUT2D eigenvalue weighted by molar-refractivity contribution is 7.99. The molecule has 0 radical (unpaired) electrons. The maximum atomic E-state index is 6.24. The van der Waals surface area contributed by atoms with Gasteiger partial charge in [0.1, 0.15) is 0 Å². The predicted octanol–water partition coefficient (Wildman–Crippen LogP) is 5.30. The standard InChI is InChI=1S/C17H24ClNS/c1-2-12-19-16(14-8-4-3-5-9-14)13-20-17-11-7-6-10-15(17)18/h6-8,10-11,16,19H,2-5,9,12-13H2,1H3. The Morgan fingerprint density at radius 3 is 2.85 bits per heavy atom. The fourth-order valence-electron chi connectivity index (χ4n) is 2.53. The minimum atomic E-state index is 0.497. The van der Waals surface area contributed by atoms with Gasteiger partial charge in [0.25, 0.3) is 0 Å². The second kappa shape index (κ2) is 8.76. The van der Waals surface area contributed by atoms with E-state index in [1.165, 1.54) is 37.0 Å². The summed E-state index contributed by atoms with van der Waals surface area (Å²) in [7, 11) is 0. The molecule has 1 N–H and O–H groups in total. The molecule has 1 aromatic carbocycles. The lowest BCUT2D eigenvalue weighted by molar-refractivity contribution is 0.562. The summed E-state index contributed by atoms with van der Waals surface area (Å²) >= 11 is 8.11. The van der Waals surface area contributed by atoms with Gasteiger partial charge in [-0.15, -0.1) is 11.8 Å². The Bertz CT molecular complexity index is 444. The fraction of sp³-hybridized carbons (Fsp3) is 0.529. The molecule has 0 amide bonds. The summed E-state index contributed by atoms with van der Waals surface area (Å²) in [4.78, 5) is 1.19. The van der Waals surface area contributed by atoms with E-state index in [4.69, 9.17) is 11.6 Å². The molecule has 1 aliphatic carbocycles. The molecule has 0 bridgehead atoms. The molecule has 110 valence electrons. The number of rotatable bonds is 7. The van der Waals surface area contributed by atoms with Crippen molar-refractivity contribution in [2.75, 3.05) is 12.3 Å². The second-order valence-electron chi connectivity index (χ2n) is 5.27. The molecule has 1 aliphatic rings. The van der Waals surface area contributed by atoms with Crippen LogP contribution in [0.1, 0.15) is 39.0 Å². The topological polar surface area (TPSA) is 12.0 Å². The first-order valence-electron chi connectivity index (χ1n) is 7.61. The van der Waals surface area contributed by atoms with Gasteiger partial charge in [0.15, 0.2) is 0 Å². The third-order valence-electron chi connectivity index (χ3n) is 3.66. The minimum absolute atomic E-state index is 0.497. The number of allylic oxidation sites excluding steroid dienone is 1. The van der Waals surface area contributed by atoms with E-state index in [0.29, 0.717) is 6.04 Å². The number of thioether (sulfide) groups is 1. The quantitative estimate of drug-likeness (QED) is 0.542. The molecule has 20 heavy (non-hydrogen) atoms. The predicted molar refractivity (Wildman–Crippen MR) is 90.8 cm³/mol. The molecule has 0 heterocycles. The lowest BCUT2D eigenvalue weighted by Crippen LogP contribution is -2.34. The van der Waals surface area contributed by atoms with E-state index in [-0.39, 0.29) is 0 Å². The molecule has 0 aromatic heterocycles. The van der Waals surface area contributed by atoms with Gasteiger partial charge in [0.2, 0.25) is 0 Å². The first-order valence-corrected chi connectivity index (χ1v) is 8.97. The third kappa shape index (κ3) is 4.83. The summed E-state index contributed by atoms with van der Waals surface area (Å²) in [6.45, 7) is 3.31. The van der Waals surface area contributed by atoms with Gasteiger partial charge in [-0.1, -0.05) is 42.3 Å². The first-order chi connectivity index (χ1) is 9.81. The van der Waals surface area contributed by atoms with Gasteiger partial charge >= 0.3 is 0 Å². The van der Waals surface area contributed by atoms with Crippen LogP contribution in [-0.2, 0) is 0 Å². The summed E-state index contributed by atoms with van der Waals surface area (Å²) in [6, 6.07) is 8.62. The number of nitrogens with one attached hydrogen (secondary N) is 1. The van der Waals surface area contributed by atoms with Crippen LogP contribution < -0.4 is 5.32 Å². The molecule has 0 spiro atoms. The monoisotopic (exact) mass is 309 g/mol. The molecule has 0 fully saturated rings. The molecule has 1 unspecified atom stereocenters. The molecule has 0 saturated heterocycles. The van der Waals surface area contributed by atoms with E-state index in [0.717, 1.165) is 17.3 Å². The number of hydrogen-bond acceptors (Lipinski definition) is 2. The van der Waals surface area contributed by atoms with Gasteiger partial charge in [-0.05, 0) is 50.8 Å². The van der Waals surface area contributed by atoms with Crippen LogP contribution in [0, 0.1) is 0 Å². The van der Waals surface area contributed by atoms with Crippen molar-refractivity contribution in [3.05, 3.63) is 40.9 Å². The van der Waals surface area contributed by atoms with Crippen molar-refractivity contribution >= 4 is 23.4 Å². The Morgan fingerprint density at radius 2 is 2.15 bits per heavy atom.